The van der Waals surface area contributed by atoms with Crippen molar-refractivity contribution in [2.24, 2.45) is 0 Å². The number of anilines is 1. The first-order chi connectivity index (χ1) is 15.5. The van der Waals surface area contributed by atoms with Crippen molar-refractivity contribution in [1.82, 2.24) is 0 Å². The fourth-order valence-corrected chi connectivity index (χ4v) is 4.20. The van der Waals surface area contributed by atoms with Crippen LogP contribution in [-0.4, -0.2) is 65.5 Å². The Morgan fingerprint density at radius 3 is 1.94 bits per heavy atom. The maximum atomic E-state index is 12.9. The van der Waals surface area contributed by atoms with E-state index in [4.69, 9.17) is 29.4 Å². The van der Waals surface area contributed by atoms with Crippen molar-refractivity contribution >= 4 is 46.4 Å². The Morgan fingerprint density at radius 2 is 1.39 bits per heavy atom. The number of thioether (sulfide) groups is 1. The van der Waals surface area contributed by atoms with Crippen LogP contribution in [0.3, 0.4) is 0 Å². The highest BCUT2D eigenvalue weighted by molar-refractivity contribution is 8.14. The third-order valence-corrected chi connectivity index (χ3v) is 5.40. The molecule has 2 N–H and O–H groups in total. The average Bonchev–Trinajstić information content (AvgIpc) is 2.70. The second-order valence-electron chi connectivity index (χ2n) is 7.06. The smallest absolute Gasteiger partial charge is 0.303 e. The Balaban J connectivity index is 2.45. The molecule has 33 heavy (non-hydrogen) atoms. The van der Waals surface area contributed by atoms with Crippen LogP contribution in [0.15, 0.2) is 24.3 Å². The Bertz CT molecular complexity index is 920. The summed E-state index contributed by atoms with van der Waals surface area (Å²) in [6.07, 6.45) is -5.09. The van der Waals surface area contributed by atoms with Crippen molar-refractivity contribution in [2.75, 3.05) is 12.3 Å². The van der Waals surface area contributed by atoms with Gasteiger partial charge in [-0.25, -0.2) is 0 Å². The van der Waals surface area contributed by atoms with Gasteiger partial charge in [-0.1, -0.05) is 12.1 Å². The molecule has 1 aliphatic rings. The molecular weight excluding hydrogens is 458 g/mol. The highest BCUT2D eigenvalue weighted by Gasteiger charge is 2.53. The molecule has 1 aliphatic heterocycles. The van der Waals surface area contributed by atoms with Crippen LogP contribution in [0.5, 0.6) is 0 Å². The number of carbonyl (C=O) groups excluding carboxylic acids is 5. The topological polar surface area (TPSA) is 158 Å². The molecule has 0 saturated carbocycles. The molecule has 0 radical (unpaired) electrons. The van der Waals surface area contributed by atoms with Crippen LogP contribution in [0.4, 0.5) is 5.69 Å². The molecule has 0 aromatic heterocycles. The molecule has 1 aromatic carbocycles. The zero-order valence-electron chi connectivity index (χ0n) is 18.5. The highest BCUT2D eigenvalue weighted by atomic mass is 32.2. The van der Waals surface area contributed by atoms with E-state index < -0.39 is 58.8 Å². The number of para-hydroxylation sites is 1. The number of rotatable bonds is 7. The molecule has 2 rings (SSSR count). The van der Waals surface area contributed by atoms with E-state index in [1.807, 2.05) is 0 Å². The van der Waals surface area contributed by atoms with Gasteiger partial charge in [-0.2, -0.15) is 0 Å². The predicted molar refractivity (Wildman–Crippen MR) is 115 cm³/mol. The van der Waals surface area contributed by atoms with Crippen LogP contribution < -0.4 is 5.73 Å². The molecule has 0 spiro atoms. The lowest BCUT2D eigenvalue weighted by atomic mass is 9.99. The molecule has 1 fully saturated rings. The van der Waals surface area contributed by atoms with Crippen LogP contribution in [0, 0.1) is 0 Å². The van der Waals surface area contributed by atoms with E-state index in [1.54, 1.807) is 18.2 Å². The van der Waals surface area contributed by atoms with E-state index >= 15 is 0 Å². The summed E-state index contributed by atoms with van der Waals surface area (Å²) in [6, 6.07) is 6.33. The van der Waals surface area contributed by atoms with Crippen LogP contribution in [0.2, 0.25) is 0 Å². The zero-order valence-corrected chi connectivity index (χ0v) is 19.3. The lowest BCUT2D eigenvalue weighted by Gasteiger charge is -2.43. The number of hydrogen-bond acceptors (Lipinski definition) is 12. The molecule has 12 heteroatoms. The Hall–Kier alpha value is -3.12. The molecule has 180 valence electrons. The van der Waals surface area contributed by atoms with Crippen molar-refractivity contribution in [1.29, 1.82) is 0 Å². The van der Waals surface area contributed by atoms with E-state index in [-0.39, 0.29) is 17.9 Å². The van der Waals surface area contributed by atoms with Gasteiger partial charge in [0, 0.05) is 33.4 Å². The van der Waals surface area contributed by atoms with Crippen LogP contribution in [0.25, 0.3) is 0 Å². The maximum absolute atomic E-state index is 12.9. The first-order valence-corrected chi connectivity index (χ1v) is 10.7. The summed E-state index contributed by atoms with van der Waals surface area (Å²) in [5.41, 5.74) is 5.08. The van der Waals surface area contributed by atoms with Crippen LogP contribution in [0.1, 0.15) is 38.1 Å². The average molecular weight is 483 g/mol. The molecule has 11 nitrogen and oxygen atoms in total. The first kappa shape index (κ1) is 26.1. The van der Waals surface area contributed by atoms with Gasteiger partial charge in [0.15, 0.2) is 23.7 Å². The van der Waals surface area contributed by atoms with Gasteiger partial charge in [-0.15, -0.1) is 0 Å². The van der Waals surface area contributed by atoms with Crippen molar-refractivity contribution < 1.29 is 47.7 Å². The number of carbonyl (C=O) groups is 5. The van der Waals surface area contributed by atoms with Gasteiger partial charge < -0.3 is 29.4 Å². The van der Waals surface area contributed by atoms with Gasteiger partial charge in [-0.05, 0) is 23.9 Å². The third kappa shape index (κ3) is 7.46. The molecule has 5 atom stereocenters. The number of benzene rings is 1. The molecule has 1 saturated heterocycles. The lowest BCUT2D eigenvalue weighted by Crippen LogP contribution is -2.61. The number of nitrogens with two attached hydrogens (primary N) is 1. The quantitative estimate of drug-likeness (QED) is 0.336. The second kappa shape index (κ2) is 11.7. The Morgan fingerprint density at radius 1 is 0.848 bits per heavy atom. The summed E-state index contributed by atoms with van der Waals surface area (Å²) in [5, 5.41) is -0.506. The fraction of sp³-hybridized carbons (Fsp3) is 0.476. The largest absolute Gasteiger partial charge is 0.463 e. The van der Waals surface area contributed by atoms with Gasteiger partial charge in [0.1, 0.15) is 12.7 Å². The van der Waals surface area contributed by atoms with Crippen molar-refractivity contribution in [2.45, 2.75) is 57.5 Å². The number of ether oxygens (including phenoxy) is 5. The predicted octanol–water partition coefficient (Wildman–Crippen LogP) is 1.23. The monoisotopic (exact) mass is 483 g/mol. The van der Waals surface area contributed by atoms with Gasteiger partial charge >= 0.3 is 23.9 Å². The molecule has 1 aromatic rings. The number of hydrogen-bond donors (Lipinski definition) is 1. The molecule has 1 heterocycles. The Kier molecular flexibility index (Phi) is 9.23. The summed E-state index contributed by atoms with van der Waals surface area (Å²) in [7, 11) is 0. The van der Waals surface area contributed by atoms with E-state index in [9.17, 15) is 24.0 Å². The van der Waals surface area contributed by atoms with Gasteiger partial charge in [0.2, 0.25) is 5.12 Å². The van der Waals surface area contributed by atoms with Crippen LogP contribution in [-0.2, 0) is 42.9 Å². The first-order valence-electron chi connectivity index (χ1n) is 9.85. The molecule has 0 aliphatic carbocycles. The van der Waals surface area contributed by atoms with E-state index in [1.165, 1.54) is 13.0 Å². The van der Waals surface area contributed by atoms with Crippen molar-refractivity contribution in [3.05, 3.63) is 29.8 Å². The lowest BCUT2D eigenvalue weighted by molar-refractivity contribution is -0.237. The molecular formula is C21H25NO10S. The van der Waals surface area contributed by atoms with Gasteiger partial charge in [0.25, 0.3) is 0 Å². The summed E-state index contributed by atoms with van der Waals surface area (Å²) in [4.78, 5) is 59.6. The minimum Gasteiger partial charge on any atom is -0.463 e. The zero-order chi connectivity index (χ0) is 24.7. The van der Waals surface area contributed by atoms with E-state index in [0.717, 1.165) is 20.8 Å². The molecule has 3 unspecified atom stereocenters. The SMILES string of the molecule is CC(=O)OCC1O[C@@H](SC(=O)c2ccccc2N)C(OC(C)=O)C(OC(C)=O)[C@@H]1OC(C)=O. The van der Waals surface area contributed by atoms with Gasteiger partial charge in [0.05, 0.1) is 5.56 Å². The normalized spacial score (nSPS) is 24.3. The number of esters is 4. The van der Waals surface area contributed by atoms with E-state index in [0.29, 0.717) is 11.8 Å². The fourth-order valence-electron chi connectivity index (χ4n) is 3.14. The summed E-state index contributed by atoms with van der Waals surface area (Å²) in [5.74, 6) is -2.89. The highest BCUT2D eigenvalue weighted by Crippen LogP contribution is 2.36. The third-order valence-electron chi connectivity index (χ3n) is 4.35. The summed E-state index contributed by atoms with van der Waals surface area (Å²) < 4.78 is 26.8. The van der Waals surface area contributed by atoms with Crippen molar-refractivity contribution in [3.63, 3.8) is 0 Å². The van der Waals surface area contributed by atoms with Crippen molar-refractivity contribution in [3.8, 4) is 0 Å². The summed E-state index contributed by atoms with van der Waals surface area (Å²) in [6.45, 7) is 4.15. The Labute approximate surface area is 194 Å². The number of nitrogen functional groups attached to an aromatic ring is 1. The second-order valence-corrected chi connectivity index (χ2v) is 8.13. The maximum Gasteiger partial charge on any atom is 0.303 e. The minimum absolute atomic E-state index is 0.190. The molecule has 0 amide bonds. The molecule has 0 bridgehead atoms. The standard InChI is InChI=1S/C21H25NO10S/c1-10(23)28-9-16-17(29-11(2)24)18(30-12(3)25)19(31-13(4)26)21(32-16)33-20(27)14-7-5-6-8-15(14)22/h5-8,16-19,21H,9,22H2,1-4H3/t16?,17-,18?,19?,21+/m1/s1. The van der Waals surface area contributed by atoms with Gasteiger partial charge in [-0.3, -0.25) is 24.0 Å². The summed E-state index contributed by atoms with van der Waals surface area (Å²) >= 11 is 0.637. The van der Waals surface area contributed by atoms with E-state index in [2.05, 4.69) is 0 Å². The minimum atomic E-state index is -1.34. The van der Waals surface area contributed by atoms with Crippen LogP contribution >= 0.6 is 11.8 Å².